The Labute approximate surface area is 199 Å². The topological polar surface area (TPSA) is 96.7 Å². The number of aryl methyl sites for hydroxylation is 1. The molecule has 0 atom stereocenters. The van der Waals surface area contributed by atoms with Crippen LogP contribution in [0.4, 0.5) is 5.69 Å². The van der Waals surface area contributed by atoms with Gasteiger partial charge in [0.2, 0.25) is 0 Å². The second-order valence-electron chi connectivity index (χ2n) is 8.83. The van der Waals surface area contributed by atoms with Crippen LogP contribution in [-0.4, -0.2) is 95.6 Å². The maximum atomic E-state index is 10.7. The number of aromatic nitrogens is 1. The Morgan fingerprint density at radius 3 is 2.62 bits per heavy atom. The molecule has 178 valence electrons. The fourth-order valence-corrected chi connectivity index (χ4v) is 4.69. The van der Waals surface area contributed by atoms with Gasteiger partial charge in [-0.05, 0) is 25.1 Å². The second-order valence-corrected chi connectivity index (χ2v) is 8.83. The van der Waals surface area contributed by atoms with Gasteiger partial charge in [0.1, 0.15) is 12.4 Å². The van der Waals surface area contributed by atoms with Gasteiger partial charge in [-0.3, -0.25) is 14.8 Å². The molecule has 3 aromatic rings. The molecule has 1 fully saturated rings. The van der Waals surface area contributed by atoms with Crippen LogP contribution in [0, 0.1) is 6.92 Å². The van der Waals surface area contributed by atoms with Crippen LogP contribution in [0.2, 0.25) is 0 Å². The number of fused-ring (bicyclic) bond motifs is 2. The van der Waals surface area contributed by atoms with Crippen molar-refractivity contribution in [1.29, 1.82) is 0 Å². The number of hydrogen-bond acceptors (Lipinski definition) is 7. The molecule has 0 amide bonds. The Hall–Kier alpha value is -3.04. The zero-order valence-electron chi connectivity index (χ0n) is 19.5. The molecule has 0 unspecified atom stereocenters. The fraction of sp³-hybridized carbons (Fsp3) is 0.385. The smallest absolute Gasteiger partial charge is 0.199 e. The van der Waals surface area contributed by atoms with Crippen LogP contribution in [0.25, 0.3) is 10.9 Å². The van der Waals surface area contributed by atoms with E-state index in [2.05, 4.69) is 27.8 Å². The van der Waals surface area contributed by atoms with E-state index >= 15 is 0 Å². The number of piperazine rings is 1. The number of aliphatic imine (C=N–C) groups is 2. The lowest BCUT2D eigenvalue weighted by Crippen LogP contribution is -2.47. The van der Waals surface area contributed by atoms with Crippen LogP contribution in [0.1, 0.15) is 16.7 Å². The molecule has 1 aromatic heterocycles. The third-order valence-electron chi connectivity index (χ3n) is 6.53. The van der Waals surface area contributed by atoms with Gasteiger partial charge in [0, 0.05) is 55.7 Å². The normalized spacial score (nSPS) is 18.1. The van der Waals surface area contributed by atoms with Crippen molar-refractivity contribution in [1.82, 2.24) is 14.8 Å². The zero-order valence-corrected chi connectivity index (χ0v) is 19.5. The van der Waals surface area contributed by atoms with Gasteiger partial charge in [0.25, 0.3) is 0 Å². The number of hydrogen-bond donors (Lipinski definition) is 3. The van der Waals surface area contributed by atoms with E-state index in [4.69, 9.17) is 19.8 Å². The number of aromatic amines is 1. The van der Waals surface area contributed by atoms with Crippen molar-refractivity contribution in [3.8, 4) is 5.88 Å². The third-order valence-corrected chi connectivity index (χ3v) is 6.53. The molecule has 8 heteroatoms. The fourth-order valence-electron chi connectivity index (χ4n) is 4.69. The summed E-state index contributed by atoms with van der Waals surface area (Å²) in [6.45, 7) is 8.64. The molecule has 0 radical (unpaired) electrons. The summed E-state index contributed by atoms with van der Waals surface area (Å²) in [6.07, 6.45) is 0. The van der Waals surface area contributed by atoms with Crippen LogP contribution in [0.5, 0.6) is 5.88 Å². The van der Waals surface area contributed by atoms with E-state index in [9.17, 15) is 5.11 Å². The van der Waals surface area contributed by atoms with Crippen molar-refractivity contribution in [2.75, 3.05) is 59.2 Å². The predicted molar refractivity (Wildman–Crippen MR) is 135 cm³/mol. The number of benzene rings is 2. The summed E-state index contributed by atoms with van der Waals surface area (Å²) in [5.41, 5.74) is 5.89. The van der Waals surface area contributed by atoms with E-state index in [1.54, 1.807) is 0 Å². The van der Waals surface area contributed by atoms with Crippen molar-refractivity contribution < 1.29 is 14.9 Å². The molecular formula is C26H31N5O3. The van der Waals surface area contributed by atoms with E-state index in [0.717, 1.165) is 72.7 Å². The average molecular weight is 462 g/mol. The third kappa shape index (κ3) is 4.63. The number of rotatable bonds is 8. The molecule has 5 rings (SSSR count). The number of aliphatic hydroxyl groups is 1. The molecule has 3 heterocycles. The van der Waals surface area contributed by atoms with E-state index in [0.29, 0.717) is 17.9 Å². The standard InChI is InChI=1S/C26H31N5O3/c1-18-6-7-22-20(16-18)24(25(28-22)23-19-4-2-3-5-21(19)29-26(23)33)27-17-34-15-13-31-10-8-30(9-11-31)12-14-32/h2-7,16,29,32-33H,8-15,17H2,1H3. The van der Waals surface area contributed by atoms with Gasteiger partial charge in [-0.15, -0.1) is 0 Å². The number of para-hydroxylation sites is 1. The molecule has 0 saturated carbocycles. The molecule has 3 N–H and O–H groups in total. The summed E-state index contributed by atoms with van der Waals surface area (Å²) in [5.74, 6) is 0.0958. The van der Waals surface area contributed by atoms with Crippen LogP contribution in [0.3, 0.4) is 0 Å². The number of nitrogens with zero attached hydrogens (tertiary/aromatic N) is 4. The van der Waals surface area contributed by atoms with Crippen LogP contribution < -0.4 is 0 Å². The molecule has 1 saturated heterocycles. The average Bonchev–Trinajstić information content (AvgIpc) is 3.36. The monoisotopic (exact) mass is 461 g/mol. The number of aliphatic hydroxyl groups excluding tert-OH is 1. The van der Waals surface area contributed by atoms with Crippen molar-refractivity contribution in [2.24, 2.45) is 9.98 Å². The van der Waals surface area contributed by atoms with Gasteiger partial charge in [-0.25, -0.2) is 4.99 Å². The first-order valence-electron chi connectivity index (χ1n) is 11.8. The van der Waals surface area contributed by atoms with Gasteiger partial charge in [0.15, 0.2) is 5.88 Å². The Morgan fingerprint density at radius 1 is 1.06 bits per heavy atom. The molecule has 0 spiro atoms. The highest BCUT2D eigenvalue weighted by Gasteiger charge is 2.28. The lowest BCUT2D eigenvalue weighted by atomic mass is 10.00. The minimum absolute atomic E-state index is 0.0958. The van der Waals surface area contributed by atoms with E-state index in [-0.39, 0.29) is 19.2 Å². The first kappa shape index (κ1) is 22.7. The molecule has 34 heavy (non-hydrogen) atoms. The number of β-amino-alcohol motifs (C(OH)–C–C–N with tert-alkyl or cyclic N) is 1. The highest BCUT2D eigenvalue weighted by Crippen LogP contribution is 2.36. The molecule has 2 aromatic carbocycles. The van der Waals surface area contributed by atoms with Gasteiger partial charge >= 0.3 is 0 Å². The maximum Gasteiger partial charge on any atom is 0.199 e. The number of aromatic hydroxyl groups is 1. The minimum atomic E-state index is 0.0958. The van der Waals surface area contributed by atoms with Crippen LogP contribution in [0.15, 0.2) is 52.4 Å². The molecule has 8 nitrogen and oxygen atoms in total. The minimum Gasteiger partial charge on any atom is -0.494 e. The number of H-pyrrole nitrogens is 1. The zero-order chi connectivity index (χ0) is 23.5. The Morgan fingerprint density at radius 2 is 1.82 bits per heavy atom. The predicted octanol–water partition coefficient (Wildman–Crippen LogP) is 2.69. The highest BCUT2D eigenvalue weighted by atomic mass is 16.5. The summed E-state index contributed by atoms with van der Waals surface area (Å²) < 4.78 is 5.89. The Balaban J connectivity index is 1.29. The van der Waals surface area contributed by atoms with E-state index < -0.39 is 0 Å². The molecule has 2 aliphatic heterocycles. The molecule has 0 bridgehead atoms. The first-order valence-corrected chi connectivity index (χ1v) is 11.8. The van der Waals surface area contributed by atoms with Gasteiger partial charge in [-0.1, -0.05) is 29.8 Å². The van der Waals surface area contributed by atoms with Crippen molar-refractivity contribution in [3.05, 3.63) is 59.2 Å². The second kappa shape index (κ2) is 10.1. The summed E-state index contributed by atoms with van der Waals surface area (Å²) in [5, 5.41) is 20.7. The molecule has 0 aliphatic carbocycles. The van der Waals surface area contributed by atoms with Crippen molar-refractivity contribution >= 4 is 28.0 Å². The van der Waals surface area contributed by atoms with Gasteiger partial charge < -0.3 is 19.9 Å². The highest BCUT2D eigenvalue weighted by molar-refractivity contribution is 6.58. The number of nitrogens with one attached hydrogen (secondary N) is 1. The van der Waals surface area contributed by atoms with Gasteiger partial charge in [0.05, 0.1) is 30.2 Å². The van der Waals surface area contributed by atoms with Crippen LogP contribution in [-0.2, 0) is 4.74 Å². The largest absolute Gasteiger partial charge is 0.494 e. The summed E-state index contributed by atoms with van der Waals surface area (Å²) in [7, 11) is 0. The SMILES string of the molecule is Cc1ccc2c(c1)C(=NCOCCN1CCN(CCO)CC1)C(c1c(O)[nH]c3ccccc13)=N2. The van der Waals surface area contributed by atoms with Crippen LogP contribution >= 0.6 is 0 Å². The van der Waals surface area contributed by atoms with Crippen molar-refractivity contribution in [3.63, 3.8) is 0 Å². The quantitative estimate of drug-likeness (QED) is 0.448. The van der Waals surface area contributed by atoms with E-state index in [1.807, 2.05) is 36.4 Å². The summed E-state index contributed by atoms with van der Waals surface area (Å²) >= 11 is 0. The Bertz CT molecular complexity index is 1220. The molecular weight excluding hydrogens is 430 g/mol. The summed E-state index contributed by atoms with van der Waals surface area (Å²) in [6, 6.07) is 13.9. The molecule has 2 aliphatic rings. The lowest BCUT2D eigenvalue weighted by molar-refractivity contribution is 0.0727. The van der Waals surface area contributed by atoms with E-state index in [1.165, 1.54) is 0 Å². The van der Waals surface area contributed by atoms with Crippen molar-refractivity contribution in [2.45, 2.75) is 6.92 Å². The maximum absolute atomic E-state index is 10.7. The Kier molecular flexibility index (Phi) is 6.73. The van der Waals surface area contributed by atoms with Gasteiger partial charge in [-0.2, -0.15) is 0 Å². The lowest BCUT2D eigenvalue weighted by Gasteiger charge is -2.34. The number of ether oxygens (including phenoxy) is 1. The first-order chi connectivity index (χ1) is 16.6. The summed E-state index contributed by atoms with van der Waals surface area (Å²) in [4.78, 5) is 17.4.